The van der Waals surface area contributed by atoms with E-state index in [2.05, 4.69) is 15.3 Å². The van der Waals surface area contributed by atoms with Crippen molar-refractivity contribution < 1.29 is 14.7 Å². The number of carboxylic acid groups (broad SMARTS) is 1. The molecule has 0 aliphatic heterocycles. The molecule has 3 N–H and O–H groups in total. The Kier molecular flexibility index (Phi) is 3.66. The fourth-order valence-corrected chi connectivity index (χ4v) is 0.884. The Morgan fingerprint density at radius 3 is 2.86 bits per heavy atom. The molecular formula is C8H11N3O3. The van der Waals surface area contributed by atoms with Gasteiger partial charge in [-0.2, -0.15) is 0 Å². The average Bonchev–Trinajstić information content (AvgIpc) is 2.63. The standard InChI is InChI=1S/C8H11N3O3/c12-7(1-2-8(13)14)10-4-6-3-9-5-11-6/h3,5H,1-2,4H2,(H,9,11)(H,10,12)(H,13,14). The van der Waals surface area contributed by atoms with E-state index in [9.17, 15) is 9.59 Å². The first-order valence-corrected chi connectivity index (χ1v) is 4.14. The van der Waals surface area contributed by atoms with Crippen molar-refractivity contribution in [2.45, 2.75) is 19.4 Å². The number of aromatic nitrogens is 2. The number of aromatic amines is 1. The first-order valence-electron chi connectivity index (χ1n) is 4.14. The van der Waals surface area contributed by atoms with Crippen LogP contribution in [0.25, 0.3) is 0 Å². The molecule has 0 spiro atoms. The van der Waals surface area contributed by atoms with E-state index in [0.717, 1.165) is 5.69 Å². The molecule has 1 heterocycles. The number of nitrogens with zero attached hydrogens (tertiary/aromatic N) is 1. The van der Waals surface area contributed by atoms with Gasteiger partial charge in [0, 0.05) is 12.6 Å². The lowest BCUT2D eigenvalue weighted by Crippen LogP contribution is -2.23. The van der Waals surface area contributed by atoms with E-state index in [1.54, 1.807) is 6.20 Å². The van der Waals surface area contributed by atoms with Gasteiger partial charge in [0.15, 0.2) is 0 Å². The number of carboxylic acids is 1. The molecule has 14 heavy (non-hydrogen) atoms. The van der Waals surface area contributed by atoms with E-state index in [4.69, 9.17) is 5.11 Å². The van der Waals surface area contributed by atoms with Crippen molar-refractivity contribution in [3.63, 3.8) is 0 Å². The SMILES string of the molecule is O=C(O)CCC(=O)NCc1cnc[nH]1. The number of hydrogen-bond donors (Lipinski definition) is 3. The van der Waals surface area contributed by atoms with Crippen molar-refractivity contribution >= 4 is 11.9 Å². The average molecular weight is 197 g/mol. The minimum atomic E-state index is -0.971. The largest absolute Gasteiger partial charge is 0.481 e. The molecule has 0 aromatic carbocycles. The van der Waals surface area contributed by atoms with Gasteiger partial charge in [0.05, 0.1) is 25.0 Å². The molecule has 0 unspecified atom stereocenters. The van der Waals surface area contributed by atoms with Crippen LogP contribution in [0.15, 0.2) is 12.5 Å². The molecule has 6 nitrogen and oxygen atoms in total. The molecule has 1 aromatic heterocycles. The summed E-state index contributed by atoms with van der Waals surface area (Å²) in [4.78, 5) is 27.8. The Labute approximate surface area is 80.4 Å². The van der Waals surface area contributed by atoms with E-state index >= 15 is 0 Å². The number of carbonyl (C=O) groups excluding carboxylic acids is 1. The highest BCUT2D eigenvalue weighted by atomic mass is 16.4. The fourth-order valence-electron chi connectivity index (χ4n) is 0.884. The van der Waals surface area contributed by atoms with Crippen molar-refractivity contribution in [1.82, 2.24) is 15.3 Å². The number of hydrogen-bond acceptors (Lipinski definition) is 3. The monoisotopic (exact) mass is 197 g/mol. The van der Waals surface area contributed by atoms with Gasteiger partial charge in [-0.3, -0.25) is 9.59 Å². The molecular weight excluding hydrogens is 186 g/mol. The van der Waals surface area contributed by atoms with E-state index in [0.29, 0.717) is 6.54 Å². The lowest BCUT2D eigenvalue weighted by atomic mass is 10.3. The number of aliphatic carboxylic acids is 1. The van der Waals surface area contributed by atoms with Crippen molar-refractivity contribution in [3.8, 4) is 0 Å². The molecule has 0 radical (unpaired) electrons. The van der Waals surface area contributed by atoms with Gasteiger partial charge in [-0.15, -0.1) is 0 Å². The maximum atomic E-state index is 11.0. The van der Waals surface area contributed by atoms with Crippen molar-refractivity contribution in [2.75, 3.05) is 0 Å². The van der Waals surface area contributed by atoms with Crippen LogP contribution in [0.2, 0.25) is 0 Å². The number of rotatable bonds is 5. The highest BCUT2D eigenvalue weighted by molar-refractivity contribution is 5.80. The van der Waals surface area contributed by atoms with Gasteiger partial charge in [-0.1, -0.05) is 0 Å². The molecule has 0 aliphatic carbocycles. The molecule has 1 rings (SSSR count). The highest BCUT2D eigenvalue weighted by Crippen LogP contribution is 1.92. The summed E-state index contributed by atoms with van der Waals surface area (Å²) >= 11 is 0. The zero-order valence-electron chi connectivity index (χ0n) is 7.49. The van der Waals surface area contributed by atoms with E-state index in [1.165, 1.54) is 6.33 Å². The van der Waals surface area contributed by atoms with Gasteiger partial charge in [0.2, 0.25) is 5.91 Å². The topological polar surface area (TPSA) is 95.1 Å². The normalized spacial score (nSPS) is 9.71. The van der Waals surface area contributed by atoms with Gasteiger partial charge in [-0.05, 0) is 0 Å². The molecule has 1 amide bonds. The Hall–Kier alpha value is -1.85. The summed E-state index contributed by atoms with van der Waals surface area (Å²) in [6.07, 6.45) is 2.97. The second kappa shape index (κ2) is 5.00. The molecule has 0 saturated carbocycles. The third-order valence-electron chi connectivity index (χ3n) is 1.60. The Balaban J connectivity index is 2.18. The van der Waals surface area contributed by atoms with E-state index in [1.807, 2.05) is 0 Å². The molecule has 1 aromatic rings. The Morgan fingerprint density at radius 1 is 1.50 bits per heavy atom. The summed E-state index contributed by atoms with van der Waals surface area (Å²) in [6, 6.07) is 0. The molecule has 0 bridgehead atoms. The van der Waals surface area contributed by atoms with Crippen LogP contribution in [0.4, 0.5) is 0 Å². The summed E-state index contributed by atoms with van der Waals surface area (Å²) in [5, 5.41) is 10.9. The minimum Gasteiger partial charge on any atom is -0.481 e. The maximum Gasteiger partial charge on any atom is 0.303 e. The first-order chi connectivity index (χ1) is 6.68. The smallest absolute Gasteiger partial charge is 0.303 e. The molecule has 76 valence electrons. The Bertz CT molecular complexity index is 308. The number of carbonyl (C=O) groups is 2. The van der Waals surface area contributed by atoms with Gasteiger partial charge in [0.1, 0.15) is 0 Å². The van der Waals surface area contributed by atoms with Gasteiger partial charge >= 0.3 is 5.97 Å². The summed E-state index contributed by atoms with van der Waals surface area (Å²) in [6.45, 7) is 0.346. The lowest BCUT2D eigenvalue weighted by molar-refractivity contribution is -0.138. The van der Waals surface area contributed by atoms with Crippen molar-refractivity contribution in [3.05, 3.63) is 18.2 Å². The van der Waals surface area contributed by atoms with Crippen LogP contribution < -0.4 is 5.32 Å². The minimum absolute atomic E-state index is 0.00344. The van der Waals surface area contributed by atoms with Crippen LogP contribution in [0.5, 0.6) is 0 Å². The van der Waals surface area contributed by atoms with Gasteiger partial charge < -0.3 is 15.4 Å². The zero-order chi connectivity index (χ0) is 10.4. The number of imidazole rings is 1. The van der Waals surface area contributed by atoms with E-state index < -0.39 is 5.97 Å². The van der Waals surface area contributed by atoms with Crippen LogP contribution in [0, 0.1) is 0 Å². The van der Waals surface area contributed by atoms with Crippen molar-refractivity contribution in [1.29, 1.82) is 0 Å². The summed E-state index contributed by atoms with van der Waals surface area (Å²) < 4.78 is 0. The predicted octanol–water partition coefficient (Wildman–Crippen LogP) is -0.109. The zero-order valence-corrected chi connectivity index (χ0v) is 7.49. The second-order valence-corrected chi connectivity index (χ2v) is 2.75. The molecule has 0 saturated heterocycles. The second-order valence-electron chi connectivity index (χ2n) is 2.75. The van der Waals surface area contributed by atoms with Gasteiger partial charge in [-0.25, -0.2) is 4.98 Å². The van der Waals surface area contributed by atoms with Crippen LogP contribution >= 0.6 is 0 Å². The lowest BCUT2D eigenvalue weighted by Gasteiger charge is -2.01. The van der Waals surface area contributed by atoms with Crippen LogP contribution in [0.3, 0.4) is 0 Å². The van der Waals surface area contributed by atoms with Crippen molar-refractivity contribution in [2.24, 2.45) is 0 Å². The fraction of sp³-hybridized carbons (Fsp3) is 0.375. The first kappa shape index (κ1) is 10.2. The quantitative estimate of drug-likeness (QED) is 0.613. The number of H-pyrrole nitrogens is 1. The van der Waals surface area contributed by atoms with Crippen LogP contribution in [-0.2, 0) is 16.1 Å². The summed E-state index contributed by atoms with van der Waals surface area (Å²) in [7, 11) is 0. The van der Waals surface area contributed by atoms with E-state index in [-0.39, 0.29) is 18.7 Å². The highest BCUT2D eigenvalue weighted by Gasteiger charge is 2.04. The third kappa shape index (κ3) is 3.70. The van der Waals surface area contributed by atoms with Gasteiger partial charge in [0.25, 0.3) is 0 Å². The summed E-state index contributed by atoms with van der Waals surface area (Å²) in [5.74, 6) is -1.25. The number of amides is 1. The maximum absolute atomic E-state index is 11.0. The van der Waals surface area contributed by atoms with Crippen LogP contribution in [-0.4, -0.2) is 27.0 Å². The third-order valence-corrected chi connectivity index (χ3v) is 1.60. The van der Waals surface area contributed by atoms with Crippen LogP contribution in [0.1, 0.15) is 18.5 Å². The predicted molar refractivity (Wildman–Crippen MR) is 47.3 cm³/mol. The number of nitrogens with one attached hydrogen (secondary N) is 2. The molecule has 0 atom stereocenters. The molecule has 0 fully saturated rings. The summed E-state index contributed by atoms with van der Waals surface area (Å²) in [5.41, 5.74) is 0.786. The molecule has 6 heteroatoms. The molecule has 0 aliphatic rings. The Morgan fingerprint density at radius 2 is 2.29 bits per heavy atom.